The molecule has 3 aromatic rings. The normalized spacial score (nSPS) is 11.1. The van der Waals surface area contributed by atoms with Gasteiger partial charge in [-0.15, -0.1) is 11.8 Å². The molecule has 0 amide bonds. The van der Waals surface area contributed by atoms with Crippen molar-refractivity contribution in [3.8, 4) is 5.75 Å². The summed E-state index contributed by atoms with van der Waals surface area (Å²) >= 11 is 1.71. The SMILES string of the molecule is CCCc1c(SCCCOc2ccc3c(=O)cc(CCC(=O)O)oc3c2CCC)ccc(C(C)=O)c1N. The van der Waals surface area contributed by atoms with Gasteiger partial charge in [0.05, 0.1) is 18.4 Å². The molecule has 7 nitrogen and oxygen atoms in total. The molecule has 0 saturated heterocycles. The summed E-state index contributed by atoms with van der Waals surface area (Å²) in [7, 11) is 0. The summed E-state index contributed by atoms with van der Waals surface area (Å²) in [6.07, 6.45) is 4.13. The van der Waals surface area contributed by atoms with E-state index in [1.165, 1.54) is 13.0 Å². The lowest BCUT2D eigenvalue weighted by atomic mass is 10.0. The molecule has 0 fully saturated rings. The van der Waals surface area contributed by atoms with Crippen molar-refractivity contribution in [3.05, 3.63) is 63.0 Å². The predicted molar refractivity (Wildman–Crippen MR) is 148 cm³/mol. The molecule has 0 radical (unpaired) electrons. The average molecular weight is 526 g/mol. The van der Waals surface area contributed by atoms with Gasteiger partial charge in [-0.3, -0.25) is 14.4 Å². The number of nitrogen functional groups attached to an aromatic ring is 1. The van der Waals surface area contributed by atoms with Crippen LogP contribution in [-0.4, -0.2) is 29.2 Å². The Kier molecular flexibility index (Phi) is 10.2. The number of carboxylic acids is 1. The van der Waals surface area contributed by atoms with Gasteiger partial charge in [0.2, 0.25) is 0 Å². The lowest BCUT2D eigenvalue weighted by Crippen LogP contribution is -2.08. The number of thioether (sulfide) groups is 1. The number of benzene rings is 2. The second-order valence-electron chi connectivity index (χ2n) is 9.00. The fourth-order valence-electron chi connectivity index (χ4n) is 4.30. The van der Waals surface area contributed by atoms with E-state index in [1.807, 2.05) is 19.1 Å². The molecule has 0 aliphatic carbocycles. The topological polar surface area (TPSA) is 120 Å². The first-order chi connectivity index (χ1) is 17.8. The molecule has 8 heteroatoms. The number of carbonyl (C=O) groups is 2. The zero-order valence-electron chi connectivity index (χ0n) is 21.7. The van der Waals surface area contributed by atoms with E-state index in [2.05, 4.69) is 6.92 Å². The first-order valence-corrected chi connectivity index (χ1v) is 13.7. The van der Waals surface area contributed by atoms with Crippen molar-refractivity contribution < 1.29 is 23.8 Å². The van der Waals surface area contributed by atoms with Crippen LogP contribution in [0.25, 0.3) is 11.0 Å². The maximum atomic E-state index is 12.6. The molecule has 37 heavy (non-hydrogen) atoms. The van der Waals surface area contributed by atoms with Gasteiger partial charge in [-0.2, -0.15) is 0 Å². The number of rotatable bonds is 14. The number of nitrogens with two attached hydrogens (primary N) is 1. The first-order valence-electron chi connectivity index (χ1n) is 12.7. The molecule has 0 aliphatic rings. The Morgan fingerprint density at radius 2 is 1.78 bits per heavy atom. The van der Waals surface area contributed by atoms with E-state index >= 15 is 0 Å². The summed E-state index contributed by atoms with van der Waals surface area (Å²) in [5.74, 6) is 0.901. The number of ketones is 1. The van der Waals surface area contributed by atoms with E-state index < -0.39 is 5.97 Å². The maximum Gasteiger partial charge on any atom is 0.303 e. The standard InChI is InChI=1S/C29H35NO6S/c1-4-7-22-25(12-10-21-24(32)17-19(36-29(21)22)9-14-27(33)34)35-15-6-16-37-26-13-11-20(18(3)31)28(30)23(26)8-5-2/h10-13,17H,4-9,14-16,30H2,1-3H3,(H,33,34). The number of aryl methyl sites for hydroxylation is 2. The molecule has 0 unspecified atom stereocenters. The number of aliphatic carboxylic acids is 1. The molecule has 1 aromatic heterocycles. The Balaban J connectivity index is 1.72. The minimum absolute atomic E-state index is 0.0251. The number of anilines is 1. The Morgan fingerprint density at radius 1 is 1.05 bits per heavy atom. The predicted octanol–water partition coefficient (Wildman–Crippen LogP) is 6.06. The summed E-state index contributed by atoms with van der Waals surface area (Å²) in [5.41, 5.74) is 9.63. The van der Waals surface area contributed by atoms with Gasteiger partial charge >= 0.3 is 5.97 Å². The van der Waals surface area contributed by atoms with E-state index in [0.29, 0.717) is 46.8 Å². The lowest BCUT2D eigenvalue weighted by molar-refractivity contribution is -0.137. The smallest absolute Gasteiger partial charge is 0.303 e. The van der Waals surface area contributed by atoms with Crippen molar-refractivity contribution in [1.82, 2.24) is 0 Å². The summed E-state index contributed by atoms with van der Waals surface area (Å²) in [6, 6.07) is 8.69. The van der Waals surface area contributed by atoms with Crippen LogP contribution in [0.5, 0.6) is 5.75 Å². The van der Waals surface area contributed by atoms with E-state index in [9.17, 15) is 14.4 Å². The van der Waals surface area contributed by atoms with Crippen LogP contribution in [0.4, 0.5) is 5.69 Å². The van der Waals surface area contributed by atoms with Crippen LogP contribution in [0.2, 0.25) is 0 Å². The number of hydrogen-bond acceptors (Lipinski definition) is 7. The number of hydrogen-bond donors (Lipinski definition) is 2. The summed E-state index contributed by atoms with van der Waals surface area (Å²) in [5, 5.41) is 9.45. The molecule has 0 spiro atoms. The monoisotopic (exact) mass is 525 g/mol. The van der Waals surface area contributed by atoms with Gasteiger partial charge < -0.3 is 20.0 Å². The molecule has 1 heterocycles. The van der Waals surface area contributed by atoms with Crippen molar-refractivity contribution >= 4 is 40.2 Å². The zero-order valence-corrected chi connectivity index (χ0v) is 22.5. The van der Waals surface area contributed by atoms with Crippen LogP contribution < -0.4 is 15.9 Å². The quantitative estimate of drug-likeness (QED) is 0.113. The van der Waals surface area contributed by atoms with Crippen molar-refractivity contribution in [2.45, 2.75) is 70.6 Å². The van der Waals surface area contributed by atoms with Crippen molar-refractivity contribution in [2.24, 2.45) is 0 Å². The van der Waals surface area contributed by atoms with E-state index in [1.54, 1.807) is 23.9 Å². The molecule has 3 N–H and O–H groups in total. The van der Waals surface area contributed by atoms with E-state index in [4.69, 9.17) is 20.0 Å². The van der Waals surface area contributed by atoms with Gasteiger partial charge in [0.25, 0.3) is 0 Å². The van der Waals surface area contributed by atoms with E-state index in [-0.39, 0.29) is 24.1 Å². The van der Waals surface area contributed by atoms with Crippen molar-refractivity contribution in [1.29, 1.82) is 0 Å². The number of ether oxygens (including phenoxy) is 1. The highest BCUT2D eigenvalue weighted by Crippen LogP contribution is 2.32. The highest BCUT2D eigenvalue weighted by molar-refractivity contribution is 7.99. The minimum atomic E-state index is -0.939. The Hall–Kier alpha value is -3.26. The van der Waals surface area contributed by atoms with Gasteiger partial charge in [-0.05, 0) is 56.0 Å². The number of fused-ring (bicyclic) bond motifs is 1. The molecular formula is C29H35NO6S. The summed E-state index contributed by atoms with van der Waals surface area (Å²) < 4.78 is 12.1. The molecule has 0 bridgehead atoms. The first kappa shape index (κ1) is 28.3. The third-order valence-corrected chi connectivity index (χ3v) is 7.28. The maximum absolute atomic E-state index is 12.6. The average Bonchev–Trinajstić information content (AvgIpc) is 2.85. The molecule has 3 rings (SSSR count). The number of carbonyl (C=O) groups excluding carboxylic acids is 1. The number of carboxylic acid groups (broad SMARTS) is 1. The van der Waals surface area contributed by atoms with Gasteiger partial charge in [-0.1, -0.05) is 26.7 Å². The third kappa shape index (κ3) is 7.16. The Bertz CT molecular complexity index is 1330. The molecule has 2 aromatic carbocycles. The molecule has 0 saturated carbocycles. The molecule has 0 aliphatic heterocycles. The minimum Gasteiger partial charge on any atom is -0.493 e. The largest absolute Gasteiger partial charge is 0.493 e. The van der Waals surface area contributed by atoms with Crippen LogP contribution in [0.3, 0.4) is 0 Å². The second kappa shape index (κ2) is 13.3. The van der Waals surface area contributed by atoms with Crippen LogP contribution in [-0.2, 0) is 24.1 Å². The highest BCUT2D eigenvalue weighted by Gasteiger charge is 2.16. The van der Waals surface area contributed by atoms with Crippen LogP contribution >= 0.6 is 11.8 Å². The molecular weight excluding hydrogens is 490 g/mol. The Morgan fingerprint density at radius 3 is 2.46 bits per heavy atom. The fourth-order valence-corrected chi connectivity index (χ4v) is 5.33. The van der Waals surface area contributed by atoms with Crippen LogP contribution in [0.1, 0.15) is 73.7 Å². The summed E-state index contributed by atoms with van der Waals surface area (Å²) in [4.78, 5) is 36.5. The number of Topliss-reactive ketones (excluding diaryl/α,β-unsaturated/α-hetero) is 1. The van der Waals surface area contributed by atoms with Gasteiger partial charge in [0.1, 0.15) is 17.1 Å². The Labute approximate surface area is 221 Å². The molecule has 0 atom stereocenters. The molecule has 198 valence electrons. The third-order valence-electron chi connectivity index (χ3n) is 6.09. The second-order valence-corrected chi connectivity index (χ2v) is 10.1. The van der Waals surface area contributed by atoms with Crippen molar-refractivity contribution in [2.75, 3.05) is 18.1 Å². The summed E-state index contributed by atoms with van der Waals surface area (Å²) in [6.45, 7) is 6.16. The van der Waals surface area contributed by atoms with Gasteiger partial charge in [-0.25, -0.2) is 0 Å². The fraction of sp³-hybridized carbons (Fsp3) is 0.414. The lowest BCUT2D eigenvalue weighted by Gasteiger charge is -2.15. The van der Waals surface area contributed by atoms with Gasteiger partial charge in [0.15, 0.2) is 11.2 Å². The zero-order chi connectivity index (χ0) is 26.9. The van der Waals surface area contributed by atoms with Gasteiger partial charge in [0, 0.05) is 39.9 Å². The van der Waals surface area contributed by atoms with Crippen LogP contribution in [0, 0.1) is 0 Å². The highest BCUT2D eigenvalue weighted by atomic mass is 32.2. The van der Waals surface area contributed by atoms with E-state index in [0.717, 1.165) is 47.5 Å². The van der Waals surface area contributed by atoms with Crippen LogP contribution in [0.15, 0.2) is 44.4 Å². The van der Waals surface area contributed by atoms with Crippen molar-refractivity contribution in [3.63, 3.8) is 0 Å².